The van der Waals surface area contributed by atoms with Gasteiger partial charge in [0.2, 0.25) is 7.35 Å². The first-order valence-electron chi connectivity index (χ1n) is 16.8. The molecule has 0 saturated carbocycles. The third-order valence-electron chi connectivity index (χ3n) is 14.2. The van der Waals surface area contributed by atoms with Crippen LogP contribution in [0, 0.1) is 13.8 Å². The molecule has 1 aliphatic rings. The Hall–Kier alpha value is 0.368. The maximum Gasteiger partial charge on any atom is 0.202 e. The second kappa shape index (κ2) is 11.2. The highest BCUT2D eigenvalue weighted by Gasteiger charge is 2.88. The fourth-order valence-electron chi connectivity index (χ4n) is 8.39. The van der Waals surface area contributed by atoms with E-state index >= 15 is 0 Å². The molecule has 9 heteroatoms. The number of hydrogen-bond acceptors (Lipinski definition) is 2. The Bertz CT molecular complexity index is 1200. The summed E-state index contributed by atoms with van der Waals surface area (Å²) in [6, 6.07) is 7.17. The highest BCUT2D eigenvalue weighted by molar-refractivity contribution is 8.24. The lowest BCUT2D eigenvalue weighted by atomic mass is 10.1. The summed E-state index contributed by atoms with van der Waals surface area (Å²) in [6.45, 7) is 59.0. The van der Waals surface area contributed by atoms with Gasteiger partial charge in [-0.1, -0.05) is 142 Å². The van der Waals surface area contributed by atoms with Crippen molar-refractivity contribution in [1.82, 2.24) is 0 Å². The Labute approximate surface area is 276 Å². The zero-order valence-electron chi connectivity index (χ0n) is 33.1. The van der Waals surface area contributed by atoms with Gasteiger partial charge in [0, 0.05) is 35.4 Å². The van der Waals surface area contributed by atoms with Crippen molar-refractivity contribution in [2.45, 2.75) is 169 Å². The SMILES string of the molecule is CO[Si@@]1([Si](C)(C)C(C)(C)C)C(Nc2cc(C)cc(C)c2)=[Si]([Si](C)(C)C(C)(C)C)[Si]1([Si](C)(C)C(C)(C)C)[Si](C)(C)C(C)(C)C. The number of rotatable bonds is 7. The molecule has 0 radical (unpaired) electrons. The summed E-state index contributed by atoms with van der Waals surface area (Å²) in [6.07, 6.45) is -2.09. The van der Waals surface area contributed by atoms with Gasteiger partial charge in [0.1, 0.15) is 0 Å². The molecule has 1 atom stereocenters. The summed E-state index contributed by atoms with van der Waals surface area (Å²) < 4.78 is 7.81. The average molecular weight is 709 g/mol. The minimum absolute atomic E-state index is 0.258. The Balaban J connectivity index is 3.58. The zero-order chi connectivity index (χ0) is 34.4. The first-order valence-corrected chi connectivity index (χ1v) is 40.3. The van der Waals surface area contributed by atoms with E-state index in [9.17, 15) is 0 Å². The molecule has 1 heterocycles. The second-order valence-electron chi connectivity index (χ2n) is 20.4. The van der Waals surface area contributed by atoms with Crippen molar-refractivity contribution in [3.63, 3.8) is 0 Å². The van der Waals surface area contributed by atoms with Crippen molar-refractivity contribution >= 4 is 61.9 Å². The maximum atomic E-state index is 7.81. The van der Waals surface area contributed by atoms with Crippen molar-refractivity contribution < 1.29 is 4.43 Å². The standard InChI is InChI=1S/C34H73NOSi7/c1-27-24-28(2)26-29(25-27)35-30-37(38(16,17)31(3,4)5)43(40(20,21)33(9,10)11,41(22,23)34(12,13)14)42(30,36-15)39(18,19)32(6,7)8/h24-26,35H,1-23H3/t42-/m1/s1. The molecule has 0 unspecified atom stereocenters. The third kappa shape index (κ3) is 5.37. The summed E-state index contributed by atoms with van der Waals surface area (Å²) in [7, 11) is -8.77. The molecule has 0 bridgehead atoms. The van der Waals surface area contributed by atoms with Gasteiger partial charge in [-0.05, 0) is 62.2 Å². The van der Waals surface area contributed by atoms with Gasteiger partial charge in [-0.25, -0.2) is 0 Å². The molecule has 1 aliphatic heterocycles. The van der Waals surface area contributed by atoms with Crippen molar-refractivity contribution in [2.24, 2.45) is 0 Å². The Kier molecular flexibility index (Phi) is 10.3. The Morgan fingerprint density at radius 2 is 0.930 bits per heavy atom. The molecule has 0 spiro atoms. The molecule has 43 heavy (non-hydrogen) atoms. The van der Waals surface area contributed by atoms with Gasteiger partial charge >= 0.3 is 0 Å². The van der Waals surface area contributed by atoms with Gasteiger partial charge in [0.15, 0.2) is 0 Å². The molecular formula is C34H73NOSi7. The Morgan fingerprint density at radius 3 is 1.21 bits per heavy atom. The van der Waals surface area contributed by atoms with Gasteiger partial charge in [-0.15, -0.1) is 0 Å². The van der Waals surface area contributed by atoms with E-state index in [0.717, 1.165) is 0 Å². The number of anilines is 1. The first-order chi connectivity index (χ1) is 18.7. The van der Waals surface area contributed by atoms with Crippen LogP contribution in [0.2, 0.25) is 72.5 Å². The average Bonchev–Trinajstić information content (AvgIpc) is 2.72. The molecule has 2 nitrogen and oxygen atoms in total. The lowest BCUT2D eigenvalue weighted by molar-refractivity contribution is 0.433. The molecule has 248 valence electrons. The summed E-state index contributed by atoms with van der Waals surface area (Å²) in [5.41, 5.74) is 4.05. The van der Waals surface area contributed by atoms with Crippen LogP contribution in [-0.4, -0.2) is 63.3 Å². The molecule has 1 N–H and O–H groups in total. The van der Waals surface area contributed by atoms with E-state index in [0.29, 0.717) is 15.1 Å². The quantitative estimate of drug-likeness (QED) is 0.285. The molecule has 0 aliphatic carbocycles. The molecule has 1 aromatic rings. The van der Waals surface area contributed by atoms with Gasteiger partial charge in [-0.2, -0.15) is 0 Å². The van der Waals surface area contributed by atoms with Gasteiger partial charge in [-0.3, -0.25) is 0 Å². The van der Waals surface area contributed by atoms with Crippen LogP contribution in [0.1, 0.15) is 94.2 Å². The van der Waals surface area contributed by atoms with Crippen LogP contribution in [0.15, 0.2) is 18.2 Å². The minimum atomic E-state index is -2.46. The van der Waals surface area contributed by atoms with Crippen molar-refractivity contribution in [3.05, 3.63) is 29.3 Å². The maximum absolute atomic E-state index is 7.81. The molecule has 0 saturated heterocycles. The summed E-state index contributed by atoms with van der Waals surface area (Å²) in [4.78, 5) is 1.85. The van der Waals surface area contributed by atoms with Crippen molar-refractivity contribution in [1.29, 1.82) is 0 Å². The molecule has 1 aromatic carbocycles. The lowest BCUT2D eigenvalue weighted by Crippen LogP contribution is -3.10. The predicted octanol–water partition coefficient (Wildman–Crippen LogP) is 11.0. The van der Waals surface area contributed by atoms with E-state index in [2.05, 4.69) is 180 Å². The lowest BCUT2D eigenvalue weighted by Gasteiger charge is -2.79. The molecule has 0 amide bonds. The number of aryl methyl sites for hydroxylation is 2. The van der Waals surface area contributed by atoms with Crippen LogP contribution in [0.25, 0.3) is 0 Å². The van der Waals surface area contributed by atoms with Crippen LogP contribution >= 0.6 is 0 Å². The van der Waals surface area contributed by atoms with E-state index in [1.807, 2.05) is 4.92 Å². The molecule has 0 aromatic heterocycles. The third-order valence-corrected chi connectivity index (χ3v) is 165. The summed E-state index contributed by atoms with van der Waals surface area (Å²) in [5.74, 6) is 0. The smallest absolute Gasteiger partial charge is 0.202 e. The fourth-order valence-corrected chi connectivity index (χ4v) is 279. The van der Waals surface area contributed by atoms with E-state index in [1.165, 1.54) is 16.8 Å². The normalized spacial score (nSPS) is 21.2. The highest BCUT2D eigenvalue weighted by Crippen LogP contribution is 2.63. The first kappa shape index (κ1) is 39.5. The number of nitrogens with one attached hydrogen (secondary N) is 1. The van der Waals surface area contributed by atoms with E-state index in [-0.39, 0.29) is 5.04 Å². The van der Waals surface area contributed by atoms with E-state index < -0.39 is 51.3 Å². The topological polar surface area (TPSA) is 21.3 Å². The van der Waals surface area contributed by atoms with Crippen molar-refractivity contribution in [3.8, 4) is 0 Å². The molecule has 2 rings (SSSR count). The van der Waals surface area contributed by atoms with Crippen LogP contribution in [0.3, 0.4) is 0 Å². The molecular weight excluding hydrogens is 635 g/mol. The van der Waals surface area contributed by atoms with E-state index in [1.54, 1.807) is 0 Å². The van der Waals surface area contributed by atoms with Crippen LogP contribution in [-0.2, 0) is 4.43 Å². The van der Waals surface area contributed by atoms with Crippen LogP contribution in [0.4, 0.5) is 5.69 Å². The number of benzene rings is 1. The largest absolute Gasteiger partial charge is 0.420 e. The van der Waals surface area contributed by atoms with Crippen LogP contribution < -0.4 is 5.32 Å². The monoisotopic (exact) mass is 707 g/mol. The summed E-state index contributed by atoms with van der Waals surface area (Å²) >= 11 is 0. The second-order valence-corrected chi connectivity index (χ2v) is 88.1. The minimum Gasteiger partial charge on any atom is -0.420 e. The predicted molar refractivity (Wildman–Crippen MR) is 218 cm³/mol. The Morgan fingerprint density at radius 1 is 0.581 bits per heavy atom. The van der Waals surface area contributed by atoms with Gasteiger partial charge < -0.3 is 9.74 Å². The summed E-state index contributed by atoms with van der Waals surface area (Å²) in [5, 5.41) is 5.71. The fraction of sp³-hybridized carbons (Fsp3) is 0.794. The zero-order valence-corrected chi connectivity index (χ0v) is 40.1. The van der Waals surface area contributed by atoms with Gasteiger partial charge in [0.05, 0.1) is 21.3 Å². The van der Waals surface area contributed by atoms with E-state index in [4.69, 9.17) is 4.43 Å². The van der Waals surface area contributed by atoms with Crippen molar-refractivity contribution in [2.75, 3.05) is 12.4 Å². The molecule has 0 fully saturated rings. The number of hydrogen-bond donors (Lipinski definition) is 1. The highest BCUT2D eigenvalue weighted by atomic mass is 30.3. The van der Waals surface area contributed by atoms with Crippen LogP contribution in [0.5, 0.6) is 0 Å². The van der Waals surface area contributed by atoms with Gasteiger partial charge in [0.25, 0.3) is 0 Å².